The van der Waals surface area contributed by atoms with Crippen molar-refractivity contribution >= 4 is 34.6 Å². The summed E-state index contributed by atoms with van der Waals surface area (Å²) in [5, 5.41) is 13.3. The number of thiazole rings is 1. The fraction of sp³-hybridized carbons (Fsp3) is 0.333. The lowest BCUT2D eigenvalue weighted by Crippen LogP contribution is -2.69. The predicted octanol–water partition coefficient (Wildman–Crippen LogP) is 1.22. The van der Waals surface area contributed by atoms with E-state index in [2.05, 4.69) is 16.5 Å². The summed E-state index contributed by atoms with van der Waals surface area (Å²) in [6.45, 7) is 3.54. The van der Waals surface area contributed by atoms with Crippen molar-refractivity contribution in [2.45, 2.75) is 24.9 Å². The molecule has 2 aromatic rings. The van der Waals surface area contributed by atoms with Gasteiger partial charge in [0.05, 0.1) is 18.8 Å². The molecular weight excluding hydrogens is 412 g/mol. The van der Waals surface area contributed by atoms with E-state index in [4.69, 9.17) is 10.5 Å². The number of imidazole rings is 1. The first-order valence-electron chi connectivity index (χ1n) is 9.07. The Labute approximate surface area is 174 Å². The van der Waals surface area contributed by atoms with E-state index < -0.39 is 16.9 Å². The average Bonchev–Trinajstić information content (AvgIpc) is 3.36. The van der Waals surface area contributed by atoms with Gasteiger partial charge in [-0.25, -0.2) is 19.3 Å². The summed E-state index contributed by atoms with van der Waals surface area (Å²) in [6, 6.07) is -0.879. The number of nitro groups is 1. The lowest BCUT2D eigenvalue weighted by Gasteiger charge is -2.48. The molecule has 2 aliphatic rings. The van der Waals surface area contributed by atoms with Crippen molar-refractivity contribution in [2.24, 2.45) is 12.8 Å². The van der Waals surface area contributed by atoms with Gasteiger partial charge in [0.2, 0.25) is 5.91 Å². The molecule has 2 N–H and O–H groups in total. The molecule has 0 aromatic carbocycles. The molecule has 1 fully saturated rings. The molecule has 2 aromatic heterocycles. The van der Waals surface area contributed by atoms with E-state index in [-0.39, 0.29) is 30.1 Å². The molecule has 2 aliphatic heterocycles. The zero-order chi connectivity index (χ0) is 21.6. The maximum absolute atomic E-state index is 12.7. The van der Waals surface area contributed by atoms with Crippen LogP contribution in [0.1, 0.15) is 18.5 Å². The number of ether oxygens (including phenoxy) is 1. The standard InChI is InChI=1S/C18H18N6O5S/c1-3-6-29-18(26)14-9(4-5-11-13(19)17(25)23(11)14)10-8-30-16(21-10)15-20-7-12(22(15)2)24(27)28/h3,7-8,11,13H,1,4-6,19H2,2H3/t11-,13+/m1/s1. The number of aromatic nitrogens is 3. The molecule has 0 spiro atoms. The molecule has 0 bridgehead atoms. The smallest absolute Gasteiger partial charge is 0.355 e. The van der Waals surface area contributed by atoms with Crippen LogP contribution in [0.25, 0.3) is 16.4 Å². The zero-order valence-electron chi connectivity index (χ0n) is 16.0. The van der Waals surface area contributed by atoms with Crippen LogP contribution in [0.4, 0.5) is 5.82 Å². The number of allylic oxidation sites excluding steroid dienone is 1. The second-order valence-electron chi connectivity index (χ2n) is 6.85. The molecular formula is C18H18N6O5S. The summed E-state index contributed by atoms with van der Waals surface area (Å²) in [7, 11) is 1.53. The fourth-order valence-electron chi connectivity index (χ4n) is 3.67. The molecule has 4 rings (SSSR count). The van der Waals surface area contributed by atoms with E-state index in [0.717, 1.165) is 0 Å². The number of carbonyl (C=O) groups is 2. The van der Waals surface area contributed by atoms with Crippen molar-refractivity contribution in [3.05, 3.63) is 45.7 Å². The number of carbonyl (C=O) groups excluding carboxylic acids is 2. The molecule has 0 aliphatic carbocycles. The Balaban J connectivity index is 1.75. The molecule has 12 heteroatoms. The number of amides is 1. The van der Waals surface area contributed by atoms with Crippen LogP contribution in [0.3, 0.4) is 0 Å². The Morgan fingerprint density at radius 3 is 3.00 bits per heavy atom. The van der Waals surface area contributed by atoms with Crippen molar-refractivity contribution in [1.82, 2.24) is 19.4 Å². The van der Waals surface area contributed by atoms with E-state index in [1.807, 2.05) is 0 Å². The lowest BCUT2D eigenvalue weighted by atomic mass is 9.83. The van der Waals surface area contributed by atoms with Crippen molar-refractivity contribution in [2.75, 3.05) is 6.61 Å². The molecule has 30 heavy (non-hydrogen) atoms. The van der Waals surface area contributed by atoms with Crippen LogP contribution in [-0.2, 0) is 21.4 Å². The van der Waals surface area contributed by atoms with Crippen LogP contribution >= 0.6 is 11.3 Å². The van der Waals surface area contributed by atoms with Gasteiger partial charge in [0.15, 0.2) is 5.01 Å². The van der Waals surface area contributed by atoms with Gasteiger partial charge in [0.25, 0.3) is 5.82 Å². The molecule has 2 atom stereocenters. The van der Waals surface area contributed by atoms with Crippen molar-refractivity contribution in [1.29, 1.82) is 0 Å². The molecule has 1 saturated heterocycles. The second-order valence-corrected chi connectivity index (χ2v) is 7.71. The van der Waals surface area contributed by atoms with Gasteiger partial charge in [-0.1, -0.05) is 12.7 Å². The number of fused-ring (bicyclic) bond motifs is 1. The minimum atomic E-state index is -0.642. The van der Waals surface area contributed by atoms with E-state index in [9.17, 15) is 19.7 Å². The van der Waals surface area contributed by atoms with Crippen molar-refractivity contribution in [3.63, 3.8) is 0 Å². The average molecular weight is 430 g/mol. The Kier molecular flexibility index (Phi) is 4.95. The van der Waals surface area contributed by atoms with Crippen LogP contribution in [0, 0.1) is 10.1 Å². The highest BCUT2D eigenvalue weighted by molar-refractivity contribution is 7.13. The van der Waals surface area contributed by atoms with Gasteiger partial charge in [0, 0.05) is 11.0 Å². The number of hydrogen-bond donors (Lipinski definition) is 1. The minimum absolute atomic E-state index is 0.00756. The minimum Gasteiger partial charge on any atom is -0.457 e. The second kappa shape index (κ2) is 7.46. The molecule has 4 heterocycles. The maximum Gasteiger partial charge on any atom is 0.355 e. The van der Waals surface area contributed by atoms with Gasteiger partial charge in [-0.2, -0.15) is 0 Å². The van der Waals surface area contributed by atoms with Crippen molar-refractivity contribution in [3.8, 4) is 10.8 Å². The summed E-state index contributed by atoms with van der Waals surface area (Å²) in [4.78, 5) is 45.6. The first kappa shape index (κ1) is 19.9. The monoisotopic (exact) mass is 430 g/mol. The number of esters is 1. The molecule has 0 radical (unpaired) electrons. The van der Waals surface area contributed by atoms with E-state index in [0.29, 0.717) is 34.9 Å². The van der Waals surface area contributed by atoms with Gasteiger partial charge in [-0.15, -0.1) is 11.3 Å². The highest BCUT2D eigenvalue weighted by atomic mass is 32.1. The lowest BCUT2D eigenvalue weighted by molar-refractivity contribution is -0.391. The maximum atomic E-state index is 12.7. The molecule has 156 valence electrons. The van der Waals surface area contributed by atoms with Crippen LogP contribution in [0.2, 0.25) is 0 Å². The van der Waals surface area contributed by atoms with Gasteiger partial charge in [-0.05, 0) is 17.8 Å². The Hall–Kier alpha value is -3.38. The molecule has 0 saturated carbocycles. The summed E-state index contributed by atoms with van der Waals surface area (Å²) in [5.74, 6) is -0.796. The number of β-lactam (4-membered cyclic amide) rings is 1. The number of nitrogens with two attached hydrogens (primary N) is 1. The van der Waals surface area contributed by atoms with Gasteiger partial charge >= 0.3 is 11.8 Å². The number of hydrogen-bond acceptors (Lipinski definition) is 9. The van der Waals surface area contributed by atoms with Crippen LogP contribution in [0.5, 0.6) is 0 Å². The molecule has 11 nitrogen and oxygen atoms in total. The Bertz CT molecular complexity index is 1100. The molecule has 1 amide bonds. The summed E-state index contributed by atoms with van der Waals surface area (Å²) < 4.78 is 6.53. The number of nitrogens with zero attached hydrogens (tertiary/aromatic N) is 5. The van der Waals surface area contributed by atoms with Gasteiger partial charge in [0.1, 0.15) is 24.5 Å². The van der Waals surface area contributed by atoms with Crippen LogP contribution in [0.15, 0.2) is 29.9 Å². The summed E-state index contributed by atoms with van der Waals surface area (Å²) >= 11 is 1.24. The normalized spacial score (nSPS) is 20.6. The summed E-state index contributed by atoms with van der Waals surface area (Å²) in [6.07, 6.45) is 3.70. The van der Waals surface area contributed by atoms with E-state index in [1.165, 1.54) is 40.1 Å². The van der Waals surface area contributed by atoms with Crippen LogP contribution < -0.4 is 5.73 Å². The topological polar surface area (TPSA) is 146 Å². The highest BCUT2D eigenvalue weighted by Gasteiger charge is 2.51. The first-order chi connectivity index (χ1) is 14.3. The van der Waals surface area contributed by atoms with E-state index >= 15 is 0 Å². The van der Waals surface area contributed by atoms with Gasteiger partial charge < -0.3 is 20.6 Å². The highest BCUT2D eigenvalue weighted by Crippen LogP contribution is 2.41. The zero-order valence-corrected chi connectivity index (χ0v) is 16.8. The quantitative estimate of drug-likeness (QED) is 0.237. The third-order valence-corrected chi connectivity index (χ3v) is 6.00. The predicted molar refractivity (Wildman–Crippen MR) is 107 cm³/mol. The third-order valence-electron chi connectivity index (χ3n) is 5.17. The molecule has 0 unspecified atom stereocenters. The van der Waals surface area contributed by atoms with Gasteiger partial charge in [-0.3, -0.25) is 9.69 Å². The van der Waals surface area contributed by atoms with Crippen LogP contribution in [-0.4, -0.2) is 54.9 Å². The third kappa shape index (κ3) is 3.00. The number of rotatable bonds is 6. The first-order valence-corrected chi connectivity index (χ1v) is 9.95. The Morgan fingerprint density at radius 2 is 2.33 bits per heavy atom. The summed E-state index contributed by atoms with van der Waals surface area (Å²) in [5.41, 5.74) is 7.10. The SMILES string of the molecule is C=CCOC(=O)C1=C(c2csc(-c3ncc([N+](=O)[O-])n3C)n2)CC[C@@H]2[C@H](N)C(=O)N12. The largest absolute Gasteiger partial charge is 0.457 e. The van der Waals surface area contributed by atoms with Crippen molar-refractivity contribution < 1.29 is 19.2 Å². The fourth-order valence-corrected chi connectivity index (χ4v) is 4.53. The Morgan fingerprint density at radius 1 is 1.57 bits per heavy atom. The van der Waals surface area contributed by atoms with E-state index in [1.54, 1.807) is 5.38 Å².